The molecule has 0 aromatic carbocycles. The number of nitro groups is 1. The summed E-state index contributed by atoms with van der Waals surface area (Å²) >= 11 is 0. The average molecular weight is 271 g/mol. The third kappa shape index (κ3) is 3.58. The quantitative estimate of drug-likeness (QED) is 0.619. The van der Waals surface area contributed by atoms with Gasteiger partial charge in [0.05, 0.1) is 16.4 Å². The second-order valence-corrected chi connectivity index (χ2v) is 5.63. The molecule has 1 rings (SSSR count). The van der Waals surface area contributed by atoms with Gasteiger partial charge in [0, 0.05) is 33.9 Å². The van der Waals surface area contributed by atoms with Crippen LogP contribution in [0.2, 0.25) is 0 Å². The minimum Gasteiger partial charge on any atom is -0.330 e. The average Bonchev–Trinajstić information content (AvgIpc) is 2.30. The van der Waals surface area contributed by atoms with Gasteiger partial charge < -0.3 is 5.73 Å². The van der Waals surface area contributed by atoms with Gasteiger partial charge in [-0.2, -0.15) is 0 Å². The van der Waals surface area contributed by atoms with Crippen molar-refractivity contribution in [2.75, 3.05) is 12.3 Å². The van der Waals surface area contributed by atoms with E-state index < -0.39 is 15.7 Å². The molecular weight excluding hydrogens is 254 g/mol. The van der Waals surface area contributed by atoms with E-state index >= 15 is 0 Å². The molecule has 1 aromatic heterocycles. The van der Waals surface area contributed by atoms with E-state index in [1.807, 2.05) is 0 Å². The van der Waals surface area contributed by atoms with Crippen molar-refractivity contribution >= 4 is 16.5 Å². The van der Waals surface area contributed by atoms with E-state index in [0.29, 0.717) is 35.5 Å². The van der Waals surface area contributed by atoms with Crippen molar-refractivity contribution in [3.63, 3.8) is 0 Å². The highest BCUT2D eigenvalue weighted by Crippen LogP contribution is 2.24. The van der Waals surface area contributed by atoms with Crippen molar-refractivity contribution < 1.29 is 9.13 Å². The molecular formula is C11H17N3O3S. The molecule has 0 spiro atoms. The van der Waals surface area contributed by atoms with Gasteiger partial charge in [-0.1, -0.05) is 0 Å². The third-order valence-corrected chi connectivity index (χ3v) is 3.97. The molecule has 1 aromatic rings. The van der Waals surface area contributed by atoms with Crippen LogP contribution >= 0.6 is 0 Å². The topological polar surface area (TPSA) is 99.1 Å². The van der Waals surface area contributed by atoms with E-state index in [1.165, 1.54) is 6.20 Å². The first-order valence-corrected chi connectivity index (χ1v) is 7.10. The first-order valence-electron chi connectivity index (χ1n) is 5.62. The predicted molar refractivity (Wildman–Crippen MR) is 70.8 cm³/mol. The summed E-state index contributed by atoms with van der Waals surface area (Å²) in [6, 6.07) is 0. The van der Waals surface area contributed by atoms with Crippen LogP contribution in [0.25, 0.3) is 0 Å². The van der Waals surface area contributed by atoms with Crippen LogP contribution in [0, 0.1) is 24.0 Å². The lowest BCUT2D eigenvalue weighted by Gasteiger charge is -2.07. The van der Waals surface area contributed by atoms with Gasteiger partial charge in [-0.15, -0.1) is 0 Å². The van der Waals surface area contributed by atoms with Crippen LogP contribution in [-0.4, -0.2) is 26.4 Å². The minimum absolute atomic E-state index is 0.0656. The summed E-state index contributed by atoms with van der Waals surface area (Å²) in [6.07, 6.45) is 2.14. The first-order chi connectivity index (χ1) is 8.47. The third-order valence-electron chi connectivity index (χ3n) is 2.63. The Morgan fingerprint density at radius 2 is 2.17 bits per heavy atom. The van der Waals surface area contributed by atoms with Gasteiger partial charge in [-0.3, -0.25) is 19.3 Å². The molecule has 0 saturated heterocycles. The Kier molecular flexibility index (Phi) is 5.36. The fourth-order valence-corrected chi connectivity index (χ4v) is 2.89. The number of hydrogen-bond acceptors (Lipinski definition) is 5. The number of aryl methyl sites for hydroxylation is 1. The zero-order valence-electron chi connectivity index (χ0n) is 10.5. The molecule has 0 amide bonds. The molecule has 0 fully saturated rings. The van der Waals surface area contributed by atoms with Gasteiger partial charge in [-0.05, 0) is 26.8 Å². The molecule has 1 atom stereocenters. The zero-order chi connectivity index (χ0) is 13.7. The van der Waals surface area contributed by atoms with Crippen LogP contribution in [0.5, 0.6) is 0 Å². The van der Waals surface area contributed by atoms with E-state index in [1.54, 1.807) is 13.8 Å². The molecule has 0 radical (unpaired) electrons. The summed E-state index contributed by atoms with van der Waals surface area (Å²) < 4.78 is 11.7. The summed E-state index contributed by atoms with van der Waals surface area (Å²) in [4.78, 5) is 14.7. The van der Waals surface area contributed by atoms with E-state index in [9.17, 15) is 14.3 Å². The Hall–Kier alpha value is -1.34. The molecule has 7 heteroatoms. The number of pyridine rings is 1. The summed E-state index contributed by atoms with van der Waals surface area (Å²) in [5.74, 6) is 0.742. The molecule has 0 bridgehead atoms. The van der Waals surface area contributed by atoms with E-state index in [0.717, 1.165) is 0 Å². The lowest BCUT2D eigenvalue weighted by Crippen LogP contribution is -2.10. The number of hydrogen-bond donors (Lipinski definition) is 1. The fourth-order valence-electron chi connectivity index (χ4n) is 1.66. The van der Waals surface area contributed by atoms with Gasteiger partial charge in [-0.25, -0.2) is 0 Å². The Bertz CT molecular complexity index is 477. The molecule has 100 valence electrons. The van der Waals surface area contributed by atoms with Gasteiger partial charge >= 0.3 is 0 Å². The second-order valence-electron chi connectivity index (χ2n) is 4.05. The molecule has 18 heavy (non-hydrogen) atoms. The van der Waals surface area contributed by atoms with Crippen LogP contribution in [0.4, 0.5) is 5.69 Å². The number of aromatic nitrogens is 1. The lowest BCUT2D eigenvalue weighted by molar-refractivity contribution is -0.386. The number of nitrogens with two attached hydrogens (primary N) is 1. The normalized spacial score (nSPS) is 12.4. The van der Waals surface area contributed by atoms with Crippen molar-refractivity contribution in [2.45, 2.75) is 26.0 Å². The van der Waals surface area contributed by atoms with Crippen LogP contribution in [0.15, 0.2) is 6.20 Å². The van der Waals surface area contributed by atoms with Crippen LogP contribution < -0.4 is 5.73 Å². The van der Waals surface area contributed by atoms with Crippen molar-refractivity contribution in [2.24, 2.45) is 5.73 Å². The van der Waals surface area contributed by atoms with Crippen molar-refractivity contribution in [3.8, 4) is 0 Å². The number of nitrogens with zero attached hydrogens (tertiary/aromatic N) is 2. The largest absolute Gasteiger partial charge is 0.330 e. The van der Waals surface area contributed by atoms with Crippen LogP contribution in [0.1, 0.15) is 23.2 Å². The Morgan fingerprint density at radius 1 is 1.50 bits per heavy atom. The maximum atomic E-state index is 11.7. The molecule has 6 nitrogen and oxygen atoms in total. The zero-order valence-corrected chi connectivity index (χ0v) is 11.3. The summed E-state index contributed by atoms with van der Waals surface area (Å²) in [7, 11) is -1.07. The van der Waals surface area contributed by atoms with Crippen LogP contribution in [0.3, 0.4) is 0 Å². The summed E-state index contributed by atoms with van der Waals surface area (Å²) in [5.41, 5.74) is 6.96. The predicted octanol–water partition coefficient (Wildman–Crippen LogP) is 1.20. The highest BCUT2D eigenvalue weighted by molar-refractivity contribution is 7.84. The lowest BCUT2D eigenvalue weighted by atomic mass is 10.1. The summed E-state index contributed by atoms with van der Waals surface area (Å²) in [6.45, 7) is 3.78. The SMILES string of the molecule is Cc1cnc(CS(=O)CCCN)c(C)c1[N+](=O)[O-]. The van der Waals surface area contributed by atoms with Crippen molar-refractivity contribution in [1.82, 2.24) is 4.98 Å². The molecule has 0 aliphatic carbocycles. The fraction of sp³-hybridized carbons (Fsp3) is 0.545. The van der Waals surface area contributed by atoms with E-state index in [4.69, 9.17) is 5.73 Å². The highest BCUT2D eigenvalue weighted by atomic mass is 32.2. The van der Waals surface area contributed by atoms with E-state index in [2.05, 4.69) is 4.98 Å². The first kappa shape index (κ1) is 14.7. The van der Waals surface area contributed by atoms with Gasteiger partial charge in [0.2, 0.25) is 0 Å². The molecule has 0 aliphatic heterocycles. The summed E-state index contributed by atoms with van der Waals surface area (Å²) in [5, 5.41) is 10.9. The Morgan fingerprint density at radius 3 is 2.72 bits per heavy atom. The van der Waals surface area contributed by atoms with Crippen molar-refractivity contribution in [1.29, 1.82) is 0 Å². The second kappa shape index (κ2) is 6.55. The van der Waals surface area contributed by atoms with Crippen molar-refractivity contribution in [3.05, 3.63) is 33.1 Å². The minimum atomic E-state index is -1.07. The van der Waals surface area contributed by atoms with E-state index in [-0.39, 0.29) is 11.4 Å². The maximum absolute atomic E-state index is 11.7. The number of rotatable bonds is 6. The van der Waals surface area contributed by atoms with Crippen LogP contribution in [-0.2, 0) is 16.6 Å². The molecule has 1 unspecified atom stereocenters. The van der Waals surface area contributed by atoms with Gasteiger partial charge in [0.25, 0.3) is 5.69 Å². The Balaban J connectivity index is 2.94. The van der Waals surface area contributed by atoms with Gasteiger partial charge in [0.15, 0.2) is 0 Å². The molecule has 0 saturated carbocycles. The Labute approximate surface area is 108 Å². The maximum Gasteiger partial charge on any atom is 0.278 e. The standard InChI is InChI=1S/C11H17N3O3S/c1-8-6-13-10(7-18(17)5-3-4-12)9(2)11(8)14(15)16/h6H,3-5,7,12H2,1-2H3. The molecule has 2 N–H and O–H groups in total. The molecule has 1 heterocycles. The monoisotopic (exact) mass is 271 g/mol. The van der Waals surface area contributed by atoms with Gasteiger partial charge in [0.1, 0.15) is 0 Å². The smallest absolute Gasteiger partial charge is 0.278 e. The molecule has 0 aliphatic rings. The highest BCUT2D eigenvalue weighted by Gasteiger charge is 2.19.